The summed E-state index contributed by atoms with van der Waals surface area (Å²) in [7, 11) is 1.80. The summed E-state index contributed by atoms with van der Waals surface area (Å²) in [6, 6.07) is 7.53. The number of fused-ring (bicyclic) bond motifs is 1. The van der Waals surface area contributed by atoms with Crippen LogP contribution in [0.3, 0.4) is 0 Å². The van der Waals surface area contributed by atoms with E-state index in [1.54, 1.807) is 29.9 Å². The van der Waals surface area contributed by atoms with Gasteiger partial charge in [-0.15, -0.1) is 5.10 Å². The molecule has 33 heavy (non-hydrogen) atoms. The van der Waals surface area contributed by atoms with E-state index in [9.17, 15) is 9.59 Å². The quantitative estimate of drug-likeness (QED) is 0.593. The summed E-state index contributed by atoms with van der Waals surface area (Å²) in [5.41, 5.74) is 4.69. The number of benzene rings is 1. The first-order valence-electron chi connectivity index (χ1n) is 11.5. The highest BCUT2D eigenvalue weighted by atomic mass is 16.5. The molecule has 0 spiro atoms. The molecule has 1 aromatic carbocycles. The van der Waals surface area contributed by atoms with Crippen LogP contribution in [0.2, 0.25) is 0 Å². The first kappa shape index (κ1) is 22.8. The van der Waals surface area contributed by atoms with Crippen LogP contribution < -0.4 is 15.4 Å². The molecule has 1 aliphatic rings. The van der Waals surface area contributed by atoms with E-state index >= 15 is 0 Å². The minimum atomic E-state index is -0.297. The van der Waals surface area contributed by atoms with Crippen LogP contribution in [0.4, 0.5) is 5.69 Å². The van der Waals surface area contributed by atoms with Gasteiger partial charge in [0.1, 0.15) is 0 Å². The van der Waals surface area contributed by atoms with Crippen LogP contribution in [0, 0.1) is 20.8 Å². The number of amides is 2. The van der Waals surface area contributed by atoms with Crippen molar-refractivity contribution >= 4 is 28.5 Å². The lowest BCUT2D eigenvalue weighted by Gasteiger charge is -2.23. The second kappa shape index (κ2) is 9.60. The maximum absolute atomic E-state index is 12.6. The SMILES string of the molecule is Cc1cc(C)c2c(OCC(=O)Nc3ccc(C(=O)NC4CCCCC4)cc3C)nn(C)c2n1. The molecule has 8 nitrogen and oxygen atoms in total. The number of nitrogens with one attached hydrogen (secondary N) is 2. The molecule has 1 fully saturated rings. The van der Waals surface area contributed by atoms with Crippen LogP contribution in [-0.4, -0.2) is 39.2 Å². The minimum Gasteiger partial charge on any atom is -0.466 e. The third-order valence-electron chi connectivity index (χ3n) is 6.13. The number of aryl methyl sites for hydroxylation is 4. The van der Waals surface area contributed by atoms with E-state index in [4.69, 9.17) is 4.74 Å². The van der Waals surface area contributed by atoms with Gasteiger partial charge in [-0.2, -0.15) is 0 Å². The summed E-state index contributed by atoms with van der Waals surface area (Å²) >= 11 is 0. The molecule has 4 rings (SSSR count). The van der Waals surface area contributed by atoms with Gasteiger partial charge in [-0.1, -0.05) is 19.3 Å². The molecule has 0 radical (unpaired) electrons. The van der Waals surface area contributed by atoms with Gasteiger partial charge >= 0.3 is 0 Å². The molecule has 0 atom stereocenters. The van der Waals surface area contributed by atoms with Crippen LogP contribution in [0.15, 0.2) is 24.3 Å². The van der Waals surface area contributed by atoms with E-state index in [0.29, 0.717) is 17.1 Å². The van der Waals surface area contributed by atoms with Gasteiger partial charge in [-0.25, -0.2) is 9.67 Å². The first-order valence-corrected chi connectivity index (χ1v) is 11.5. The first-order chi connectivity index (χ1) is 15.8. The van der Waals surface area contributed by atoms with Crippen molar-refractivity contribution in [2.24, 2.45) is 7.05 Å². The third-order valence-corrected chi connectivity index (χ3v) is 6.13. The van der Waals surface area contributed by atoms with Crippen molar-refractivity contribution in [3.05, 3.63) is 46.6 Å². The lowest BCUT2D eigenvalue weighted by Crippen LogP contribution is -2.36. The molecule has 2 N–H and O–H groups in total. The molecule has 1 aliphatic carbocycles. The zero-order chi connectivity index (χ0) is 23.5. The Morgan fingerprint density at radius 3 is 2.58 bits per heavy atom. The van der Waals surface area contributed by atoms with Gasteiger partial charge in [0, 0.05) is 30.0 Å². The zero-order valence-electron chi connectivity index (χ0n) is 19.7. The molecule has 1 saturated carbocycles. The molecule has 2 heterocycles. The molecule has 0 aliphatic heterocycles. The van der Waals surface area contributed by atoms with Crippen molar-refractivity contribution in [3.8, 4) is 5.88 Å². The average molecular weight is 450 g/mol. The molecule has 8 heteroatoms. The Labute approximate surface area is 193 Å². The van der Waals surface area contributed by atoms with Crippen molar-refractivity contribution in [2.45, 2.75) is 58.9 Å². The van der Waals surface area contributed by atoms with E-state index in [0.717, 1.165) is 40.7 Å². The van der Waals surface area contributed by atoms with E-state index in [1.165, 1.54) is 19.3 Å². The normalized spacial score (nSPS) is 14.3. The standard InChI is InChI=1S/C25H31N5O3/c1-15-13-18(24(32)27-19-8-6-5-7-9-19)10-11-20(15)28-21(31)14-33-25-22-16(2)12-17(3)26-23(22)30(4)29-25/h10-13,19H,5-9,14H2,1-4H3,(H,27,32)(H,28,31). The Kier molecular flexibility index (Phi) is 6.62. The molecule has 3 aromatic rings. The second-order valence-electron chi connectivity index (χ2n) is 8.88. The van der Waals surface area contributed by atoms with Gasteiger partial charge in [0.15, 0.2) is 12.3 Å². The topological polar surface area (TPSA) is 98.1 Å². The smallest absolute Gasteiger partial charge is 0.262 e. The van der Waals surface area contributed by atoms with Gasteiger partial charge in [-0.3, -0.25) is 9.59 Å². The number of pyridine rings is 1. The highest BCUT2D eigenvalue weighted by Crippen LogP contribution is 2.27. The van der Waals surface area contributed by atoms with Crippen molar-refractivity contribution in [2.75, 3.05) is 11.9 Å². The van der Waals surface area contributed by atoms with Crippen molar-refractivity contribution in [1.82, 2.24) is 20.1 Å². The summed E-state index contributed by atoms with van der Waals surface area (Å²) < 4.78 is 7.39. The second-order valence-corrected chi connectivity index (χ2v) is 8.88. The number of rotatable bonds is 6. The maximum atomic E-state index is 12.6. The molecule has 0 unspecified atom stereocenters. The Bertz CT molecular complexity index is 1190. The van der Waals surface area contributed by atoms with Gasteiger partial charge in [-0.05, 0) is 69.0 Å². The number of hydrogen-bond acceptors (Lipinski definition) is 5. The van der Waals surface area contributed by atoms with Gasteiger partial charge < -0.3 is 15.4 Å². The number of aromatic nitrogens is 3. The number of carbonyl (C=O) groups excluding carboxylic acids is 2. The van der Waals surface area contributed by atoms with Crippen molar-refractivity contribution < 1.29 is 14.3 Å². The van der Waals surface area contributed by atoms with Crippen LogP contribution in [-0.2, 0) is 11.8 Å². The lowest BCUT2D eigenvalue weighted by molar-refractivity contribution is -0.118. The van der Waals surface area contributed by atoms with E-state index in [-0.39, 0.29) is 24.5 Å². The summed E-state index contributed by atoms with van der Waals surface area (Å²) in [6.07, 6.45) is 5.66. The number of hydrogen-bond donors (Lipinski definition) is 2. The number of nitrogens with zero attached hydrogens (tertiary/aromatic N) is 3. The van der Waals surface area contributed by atoms with E-state index < -0.39 is 0 Å². The van der Waals surface area contributed by atoms with Crippen molar-refractivity contribution in [3.63, 3.8) is 0 Å². The van der Waals surface area contributed by atoms with E-state index in [1.807, 2.05) is 26.8 Å². The predicted molar refractivity (Wildman–Crippen MR) is 128 cm³/mol. The number of carbonyl (C=O) groups is 2. The number of ether oxygens (including phenoxy) is 1. The Hall–Kier alpha value is -3.42. The highest BCUT2D eigenvalue weighted by molar-refractivity contribution is 5.97. The van der Waals surface area contributed by atoms with Crippen LogP contribution >= 0.6 is 0 Å². The minimum absolute atomic E-state index is 0.0625. The Balaban J connectivity index is 1.38. The average Bonchev–Trinajstić information content (AvgIpc) is 3.10. The monoisotopic (exact) mass is 449 g/mol. The van der Waals surface area contributed by atoms with Crippen LogP contribution in [0.1, 0.15) is 59.3 Å². The summed E-state index contributed by atoms with van der Waals surface area (Å²) in [4.78, 5) is 29.6. The summed E-state index contributed by atoms with van der Waals surface area (Å²) in [6.45, 7) is 5.60. The van der Waals surface area contributed by atoms with Gasteiger partial charge in [0.05, 0.1) is 5.39 Å². The highest BCUT2D eigenvalue weighted by Gasteiger charge is 2.18. The molecular formula is C25H31N5O3. The van der Waals surface area contributed by atoms with Crippen molar-refractivity contribution in [1.29, 1.82) is 0 Å². The fraction of sp³-hybridized carbons (Fsp3) is 0.440. The molecular weight excluding hydrogens is 418 g/mol. The summed E-state index contributed by atoms with van der Waals surface area (Å²) in [5.74, 6) is 0.0283. The van der Waals surface area contributed by atoms with Crippen LogP contribution in [0.5, 0.6) is 5.88 Å². The Morgan fingerprint density at radius 1 is 1.09 bits per heavy atom. The zero-order valence-corrected chi connectivity index (χ0v) is 19.7. The molecule has 2 aromatic heterocycles. The fourth-order valence-corrected chi connectivity index (χ4v) is 4.43. The largest absolute Gasteiger partial charge is 0.466 e. The van der Waals surface area contributed by atoms with Crippen LogP contribution in [0.25, 0.3) is 11.0 Å². The molecule has 0 saturated heterocycles. The van der Waals surface area contributed by atoms with Gasteiger partial charge in [0.25, 0.3) is 11.8 Å². The van der Waals surface area contributed by atoms with E-state index in [2.05, 4.69) is 20.7 Å². The Morgan fingerprint density at radius 2 is 1.85 bits per heavy atom. The third kappa shape index (κ3) is 5.16. The maximum Gasteiger partial charge on any atom is 0.262 e. The predicted octanol–water partition coefficient (Wildman–Crippen LogP) is 3.97. The fourth-order valence-electron chi connectivity index (χ4n) is 4.43. The molecule has 0 bridgehead atoms. The van der Waals surface area contributed by atoms with Gasteiger partial charge in [0.2, 0.25) is 5.88 Å². The lowest BCUT2D eigenvalue weighted by atomic mass is 9.95. The molecule has 174 valence electrons. The summed E-state index contributed by atoms with van der Waals surface area (Å²) in [5, 5.41) is 11.2. The molecule has 2 amide bonds. The number of anilines is 1.